The molecule has 0 aliphatic rings. The first-order valence-electron chi connectivity index (χ1n) is 6.70. The molecule has 0 aliphatic heterocycles. The van der Waals surface area contributed by atoms with Gasteiger partial charge >= 0.3 is 0 Å². The van der Waals surface area contributed by atoms with Gasteiger partial charge in [-0.3, -0.25) is 4.79 Å². The third-order valence-electron chi connectivity index (χ3n) is 3.06. The summed E-state index contributed by atoms with van der Waals surface area (Å²) in [5, 5.41) is 22.0. The maximum Gasteiger partial charge on any atom is 0.266 e. The van der Waals surface area contributed by atoms with E-state index >= 15 is 0 Å². The van der Waals surface area contributed by atoms with E-state index in [0.29, 0.717) is 21.3 Å². The Balaban J connectivity index is 2.29. The standard InChI is InChI=1S/C17H12Cl2N2O3/c1-24-16-7-10(2-5-15(16)22)6-11(9-20)17(23)21-14-8-12(18)3-4-13(14)19/h2-8,22H,1H3,(H,21,23)/b11-6+. The number of nitrogens with zero attached hydrogens (tertiary/aromatic N) is 1. The summed E-state index contributed by atoms with van der Waals surface area (Å²) >= 11 is 11.8. The first-order chi connectivity index (χ1) is 11.4. The Bertz CT molecular complexity index is 857. The van der Waals surface area contributed by atoms with Crippen molar-refractivity contribution >= 4 is 40.9 Å². The van der Waals surface area contributed by atoms with Gasteiger partial charge in [0.15, 0.2) is 11.5 Å². The maximum atomic E-state index is 12.2. The van der Waals surface area contributed by atoms with Crippen molar-refractivity contribution in [2.45, 2.75) is 0 Å². The minimum atomic E-state index is -0.631. The maximum absolute atomic E-state index is 12.2. The van der Waals surface area contributed by atoms with Gasteiger partial charge in [0.25, 0.3) is 5.91 Å². The molecule has 0 atom stereocenters. The van der Waals surface area contributed by atoms with Crippen LogP contribution in [0.3, 0.4) is 0 Å². The van der Waals surface area contributed by atoms with Crippen LogP contribution in [0.4, 0.5) is 5.69 Å². The number of carbonyl (C=O) groups excluding carboxylic acids is 1. The van der Waals surface area contributed by atoms with Gasteiger partial charge in [-0.1, -0.05) is 29.3 Å². The molecule has 0 bridgehead atoms. The van der Waals surface area contributed by atoms with E-state index in [1.54, 1.807) is 18.2 Å². The number of nitriles is 1. The number of aromatic hydroxyl groups is 1. The number of halogens is 2. The number of anilines is 1. The average molecular weight is 363 g/mol. The summed E-state index contributed by atoms with van der Waals surface area (Å²) in [6.45, 7) is 0. The molecule has 7 heteroatoms. The molecule has 122 valence electrons. The van der Waals surface area contributed by atoms with Crippen LogP contribution in [-0.4, -0.2) is 18.1 Å². The average Bonchev–Trinajstić information content (AvgIpc) is 2.57. The first kappa shape index (κ1) is 17.7. The molecule has 5 nitrogen and oxygen atoms in total. The normalized spacial score (nSPS) is 10.8. The van der Waals surface area contributed by atoms with E-state index in [9.17, 15) is 15.2 Å². The van der Waals surface area contributed by atoms with Crippen molar-refractivity contribution in [1.82, 2.24) is 0 Å². The number of phenols is 1. The molecule has 0 saturated heterocycles. The lowest BCUT2D eigenvalue weighted by atomic mass is 10.1. The van der Waals surface area contributed by atoms with Crippen LogP contribution in [0.15, 0.2) is 42.0 Å². The zero-order chi connectivity index (χ0) is 17.7. The Labute approximate surface area is 148 Å². The van der Waals surface area contributed by atoms with Gasteiger partial charge in [0.2, 0.25) is 0 Å². The molecule has 0 heterocycles. The van der Waals surface area contributed by atoms with Crippen molar-refractivity contribution in [3.8, 4) is 17.6 Å². The summed E-state index contributed by atoms with van der Waals surface area (Å²) in [7, 11) is 1.40. The third kappa shape index (κ3) is 4.19. The number of methoxy groups -OCH3 is 1. The lowest BCUT2D eigenvalue weighted by Gasteiger charge is -2.07. The Morgan fingerprint density at radius 2 is 2.04 bits per heavy atom. The molecule has 2 N–H and O–H groups in total. The van der Waals surface area contributed by atoms with E-state index in [0.717, 1.165) is 0 Å². The Morgan fingerprint density at radius 1 is 1.29 bits per heavy atom. The molecule has 0 aromatic heterocycles. The van der Waals surface area contributed by atoms with Gasteiger partial charge in [-0.25, -0.2) is 0 Å². The monoisotopic (exact) mass is 362 g/mol. The lowest BCUT2D eigenvalue weighted by Crippen LogP contribution is -2.13. The minimum absolute atomic E-state index is 0.0386. The molecule has 1 amide bonds. The summed E-state index contributed by atoms with van der Waals surface area (Å²) in [6.07, 6.45) is 1.37. The molecular formula is C17H12Cl2N2O3. The number of nitrogens with one attached hydrogen (secondary N) is 1. The number of hydrogen-bond donors (Lipinski definition) is 2. The van der Waals surface area contributed by atoms with E-state index in [1.807, 2.05) is 6.07 Å². The van der Waals surface area contributed by atoms with Crippen LogP contribution in [0.2, 0.25) is 10.0 Å². The molecular weight excluding hydrogens is 351 g/mol. The van der Waals surface area contributed by atoms with Crippen molar-refractivity contribution in [3.63, 3.8) is 0 Å². The molecule has 2 aromatic rings. The lowest BCUT2D eigenvalue weighted by molar-refractivity contribution is -0.112. The molecule has 0 fully saturated rings. The summed E-state index contributed by atoms with van der Waals surface area (Å²) in [5.41, 5.74) is 0.686. The summed E-state index contributed by atoms with van der Waals surface area (Å²) in [6, 6.07) is 10.9. The van der Waals surface area contributed by atoms with E-state index in [2.05, 4.69) is 5.32 Å². The zero-order valence-corrected chi connectivity index (χ0v) is 14.0. The second kappa shape index (κ2) is 7.73. The van der Waals surface area contributed by atoms with Gasteiger partial charge in [-0.05, 0) is 42.0 Å². The molecule has 0 unspecified atom stereocenters. The predicted octanol–water partition coefficient (Wildman–Crippen LogP) is 4.25. The van der Waals surface area contributed by atoms with Crippen molar-refractivity contribution in [2.75, 3.05) is 12.4 Å². The molecule has 0 saturated carbocycles. The van der Waals surface area contributed by atoms with Crippen LogP contribution >= 0.6 is 23.2 Å². The van der Waals surface area contributed by atoms with Crippen LogP contribution in [0.5, 0.6) is 11.5 Å². The van der Waals surface area contributed by atoms with Gasteiger partial charge in [-0.2, -0.15) is 5.26 Å². The highest BCUT2D eigenvalue weighted by molar-refractivity contribution is 6.36. The number of hydrogen-bond acceptors (Lipinski definition) is 4. The molecule has 2 aromatic carbocycles. The van der Waals surface area contributed by atoms with E-state index < -0.39 is 5.91 Å². The fourth-order valence-corrected chi connectivity index (χ4v) is 2.22. The van der Waals surface area contributed by atoms with Crippen LogP contribution < -0.4 is 10.1 Å². The second-order valence-corrected chi connectivity index (χ2v) is 5.52. The van der Waals surface area contributed by atoms with Gasteiger partial charge in [0.1, 0.15) is 11.6 Å². The largest absolute Gasteiger partial charge is 0.504 e. The van der Waals surface area contributed by atoms with E-state index in [-0.39, 0.29) is 17.1 Å². The fourth-order valence-electron chi connectivity index (χ4n) is 1.88. The summed E-state index contributed by atoms with van der Waals surface area (Å²) in [5.74, 6) is -0.434. The Kier molecular flexibility index (Phi) is 5.69. The summed E-state index contributed by atoms with van der Waals surface area (Å²) in [4.78, 5) is 12.2. The summed E-state index contributed by atoms with van der Waals surface area (Å²) < 4.78 is 4.99. The molecule has 0 aliphatic carbocycles. The molecule has 0 radical (unpaired) electrons. The SMILES string of the molecule is COc1cc(/C=C(\C#N)C(=O)Nc2cc(Cl)ccc2Cl)ccc1O. The highest BCUT2D eigenvalue weighted by atomic mass is 35.5. The van der Waals surface area contributed by atoms with Crippen molar-refractivity contribution in [2.24, 2.45) is 0 Å². The smallest absolute Gasteiger partial charge is 0.266 e. The minimum Gasteiger partial charge on any atom is -0.504 e. The van der Waals surface area contributed by atoms with Crippen LogP contribution in [0.1, 0.15) is 5.56 Å². The van der Waals surface area contributed by atoms with Crippen molar-refractivity contribution < 1.29 is 14.6 Å². The highest BCUT2D eigenvalue weighted by Gasteiger charge is 2.12. The molecule has 2 rings (SSSR count). The van der Waals surface area contributed by atoms with Gasteiger partial charge < -0.3 is 15.2 Å². The van der Waals surface area contributed by atoms with Crippen LogP contribution in [0, 0.1) is 11.3 Å². The molecule has 24 heavy (non-hydrogen) atoms. The number of benzene rings is 2. The van der Waals surface area contributed by atoms with Crippen molar-refractivity contribution in [3.05, 3.63) is 57.6 Å². The van der Waals surface area contributed by atoms with Gasteiger partial charge in [0, 0.05) is 5.02 Å². The Morgan fingerprint density at radius 3 is 2.71 bits per heavy atom. The highest BCUT2D eigenvalue weighted by Crippen LogP contribution is 2.28. The predicted molar refractivity (Wildman–Crippen MR) is 93.3 cm³/mol. The quantitative estimate of drug-likeness (QED) is 0.628. The van der Waals surface area contributed by atoms with E-state index in [1.165, 1.54) is 31.4 Å². The fraction of sp³-hybridized carbons (Fsp3) is 0.0588. The van der Waals surface area contributed by atoms with Gasteiger partial charge in [-0.15, -0.1) is 0 Å². The number of amides is 1. The zero-order valence-electron chi connectivity index (χ0n) is 12.5. The number of phenolic OH excluding ortho intramolecular Hbond substituents is 1. The Hall–Kier alpha value is -2.68. The second-order valence-electron chi connectivity index (χ2n) is 4.68. The van der Waals surface area contributed by atoms with Crippen LogP contribution in [0.25, 0.3) is 6.08 Å². The third-order valence-corrected chi connectivity index (χ3v) is 3.62. The van der Waals surface area contributed by atoms with Gasteiger partial charge in [0.05, 0.1) is 17.8 Å². The number of ether oxygens (including phenoxy) is 1. The topological polar surface area (TPSA) is 82.3 Å². The molecule has 0 spiro atoms. The van der Waals surface area contributed by atoms with Crippen LogP contribution in [-0.2, 0) is 4.79 Å². The number of carbonyl (C=O) groups is 1. The van der Waals surface area contributed by atoms with E-state index in [4.69, 9.17) is 27.9 Å². The van der Waals surface area contributed by atoms with Crippen molar-refractivity contribution in [1.29, 1.82) is 5.26 Å². The number of rotatable bonds is 4. The first-order valence-corrected chi connectivity index (χ1v) is 7.45.